The highest BCUT2D eigenvalue weighted by atomic mass is 16.2. The van der Waals surface area contributed by atoms with Gasteiger partial charge in [-0.2, -0.15) is 0 Å². The highest BCUT2D eigenvalue weighted by Gasteiger charge is 2.30. The number of carbonyl (C=O) groups is 1. The average molecular weight is 340 g/mol. The summed E-state index contributed by atoms with van der Waals surface area (Å²) < 4.78 is 2.27. The van der Waals surface area contributed by atoms with E-state index in [0.29, 0.717) is 6.04 Å². The van der Waals surface area contributed by atoms with Gasteiger partial charge in [0, 0.05) is 25.7 Å². The smallest absolute Gasteiger partial charge is 0.225 e. The fourth-order valence-corrected chi connectivity index (χ4v) is 4.38. The van der Waals surface area contributed by atoms with Crippen LogP contribution in [0.1, 0.15) is 45.4 Å². The van der Waals surface area contributed by atoms with Gasteiger partial charge in [0.2, 0.25) is 11.9 Å². The maximum atomic E-state index is 12.7. The Bertz CT molecular complexity index is 747. The summed E-state index contributed by atoms with van der Waals surface area (Å²) >= 11 is 0. The lowest BCUT2D eigenvalue weighted by Gasteiger charge is -2.33. The predicted octanol–water partition coefficient (Wildman–Crippen LogP) is 3.33. The van der Waals surface area contributed by atoms with Crippen LogP contribution in [0.3, 0.4) is 0 Å². The van der Waals surface area contributed by atoms with Crippen LogP contribution in [0, 0.1) is 5.92 Å². The van der Waals surface area contributed by atoms with Crippen LogP contribution >= 0.6 is 0 Å². The minimum Gasteiger partial charge on any atom is -0.353 e. The maximum absolute atomic E-state index is 12.7. The quantitative estimate of drug-likeness (QED) is 0.929. The van der Waals surface area contributed by atoms with Gasteiger partial charge in [0.05, 0.1) is 17.0 Å². The van der Waals surface area contributed by atoms with E-state index in [1.165, 1.54) is 18.4 Å². The Morgan fingerprint density at radius 1 is 1.20 bits per heavy atom. The number of piperidine rings is 1. The molecule has 5 heteroatoms. The first-order valence-electron chi connectivity index (χ1n) is 9.77. The van der Waals surface area contributed by atoms with Gasteiger partial charge in [0.25, 0.3) is 0 Å². The largest absolute Gasteiger partial charge is 0.353 e. The Balaban J connectivity index is 1.52. The molecular weight excluding hydrogens is 312 g/mol. The molecule has 1 N–H and O–H groups in total. The average Bonchev–Trinajstić information content (AvgIpc) is 3.28. The Hall–Kier alpha value is -2.04. The Labute approximate surface area is 149 Å². The molecule has 1 saturated carbocycles. The van der Waals surface area contributed by atoms with Gasteiger partial charge in [-0.3, -0.25) is 4.79 Å². The summed E-state index contributed by atoms with van der Waals surface area (Å²) in [6, 6.07) is 8.70. The van der Waals surface area contributed by atoms with Gasteiger partial charge in [-0.1, -0.05) is 25.0 Å². The lowest BCUT2D eigenvalue weighted by Crippen LogP contribution is -2.46. The fraction of sp³-hybridized carbons (Fsp3) is 0.600. The van der Waals surface area contributed by atoms with Crippen LogP contribution in [0.25, 0.3) is 11.0 Å². The van der Waals surface area contributed by atoms with Crippen LogP contribution < -0.4 is 10.2 Å². The second kappa shape index (κ2) is 7.06. The number of hydrogen-bond donors (Lipinski definition) is 1. The standard InChI is InChI=1S/C20H28N4O/c1-2-24-18-12-6-5-11-17(18)22-20(24)23-13-7-8-15(14-23)19(25)21-16-9-3-4-10-16/h5-6,11-12,15-16H,2-4,7-10,13-14H2,1H3,(H,21,25). The summed E-state index contributed by atoms with van der Waals surface area (Å²) in [4.78, 5) is 19.9. The third-order valence-electron chi connectivity index (χ3n) is 5.73. The van der Waals surface area contributed by atoms with Crippen molar-refractivity contribution in [1.29, 1.82) is 0 Å². The number of aryl methyl sites for hydroxylation is 1. The van der Waals surface area contributed by atoms with E-state index in [9.17, 15) is 4.79 Å². The van der Waals surface area contributed by atoms with E-state index in [4.69, 9.17) is 4.98 Å². The van der Waals surface area contributed by atoms with E-state index in [1.54, 1.807) is 0 Å². The van der Waals surface area contributed by atoms with Crippen molar-refractivity contribution in [2.45, 2.75) is 58.0 Å². The molecule has 2 heterocycles. The van der Waals surface area contributed by atoms with Crippen molar-refractivity contribution < 1.29 is 4.79 Å². The molecule has 5 nitrogen and oxygen atoms in total. The molecule has 4 rings (SSSR count). The number of carbonyl (C=O) groups excluding carboxylic acids is 1. The summed E-state index contributed by atoms with van der Waals surface area (Å²) in [6.07, 6.45) is 6.84. The van der Waals surface area contributed by atoms with Crippen LogP contribution in [0.15, 0.2) is 24.3 Å². The Kier molecular flexibility index (Phi) is 4.64. The molecule has 1 saturated heterocycles. The first-order chi connectivity index (χ1) is 12.3. The zero-order valence-electron chi connectivity index (χ0n) is 15.1. The normalized spacial score (nSPS) is 21.8. The number of amides is 1. The topological polar surface area (TPSA) is 50.2 Å². The summed E-state index contributed by atoms with van der Waals surface area (Å²) in [5.74, 6) is 1.34. The van der Waals surface area contributed by atoms with Crippen molar-refractivity contribution in [3.63, 3.8) is 0 Å². The molecule has 1 unspecified atom stereocenters. The lowest BCUT2D eigenvalue weighted by molar-refractivity contribution is -0.125. The van der Waals surface area contributed by atoms with E-state index >= 15 is 0 Å². The van der Waals surface area contributed by atoms with E-state index in [-0.39, 0.29) is 11.8 Å². The number of aromatic nitrogens is 2. The third kappa shape index (κ3) is 3.24. The zero-order chi connectivity index (χ0) is 17.2. The lowest BCUT2D eigenvalue weighted by atomic mass is 9.97. The van der Waals surface area contributed by atoms with Gasteiger partial charge >= 0.3 is 0 Å². The highest BCUT2D eigenvalue weighted by Crippen LogP contribution is 2.27. The molecule has 0 spiro atoms. The first kappa shape index (κ1) is 16.4. The van der Waals surface area contributed by atoms with Crippen LogP contribution in [0.4, 0.5) is 5.95 Å². The molecule has 1 aliphatic heterocycles. The van der Waals surface area contributed by atoms with Gasteiger partial charge in [-0.15, -0.1) is 0 Å². The molecule has 2 fully saturated rings. The molecule has 1 aliphatic carbocycles. The van der Waals surface area contributed by atoms with E-state index < -0.39 is 0 Å². The summed E-state index contributed by atoms with van der Waals surface area (Å²) in [6.45, 7) is 4.82. The second-order valence-corrected chi connectivity index (χ2v) is 7.42. The number of nitrogens with zero attached hydrogens (tertiary/aromatic N) is 3. The van der Waals surface area contributed by atoms with Crippen molar-refractivity contribution in [3.8, 4) is 0 Å². The Morgan fingerprint density at radius 3 is 2.80 bits per heavy atom. The number of para-hydroxylation sites is 2. The number of anilines is 1. The summed E-state index contributed by atoms with van der Waals surface area (Å²) in [5.41, 5.74) is 2.22. The molecule has 1 aromatic heterocycles. The molecule has 134 valence electrons. The van der Waals surface area contributed by atoms with Gasteiger partial charge in [0.15, 0.2) is 0 Å². The van der Waals surface area contributed by atoms with Crippen LogP contribution in [0.5, 0.6) is 0 Å². The number of hydrogen-bond acceptors (Lipinski definition) is 3. The molecular formula is C20H28N4O. The highest BCUT2D eigenvalue weighted by molar-refractivity contribution is 5.81. The van der Waals surface area contributed by atoms with E-state index in [1.807, 2.05) is 6.07 Å². The molecule has 2 aromatic rings. The molecule has 1 amide bonds. The number of fused-ring (bicyclic) bond motifs is 1. The van der Waals surface area contributed by atoms with Gasteiger partial charge in [0.1, 0.15) is 0 Å². The number of imidazole rings is 1. The van der Waals surface area contributed by atoms with Gasteiger partial charge in [-0.05, 0) is 44.7 Å². The molecule has 1 aromatic carbocycles. The molecule has 0 radical (unpaired) electrons. The van der Waals surface area contributed by atoms with Crippen molar-refractivity contribution in [2.75, 3.05) is 18.0 Å². The molecule has 2 aliphatic rings. The summed E-state index contributed by atoms with van der Waals surface area (Å²) in [5, 5.41) is 3.28. The SMILES string of the molecule is CCn1c(N2CCCC(C(=O)NC3CCCC3)C2)nc2ccccc21. The fourth-order valence-electron chi connectivity index (χ4n) is 4.38. The minimum absolute atomic E-state index is 0.0828. The maximum Gasteiger partial charge on any atom is 0.225 e. The first-order valence-corrected chi connectivity index (χ1v) is 9.77. The molecule has 25 heavy (non-hydrogen) atoms. The van der Waals surface area contributed by atoms with E-state index in [2.05, 4.69) is 39.9 Å². The minimum atomic E-state index is 0.0828. The van der Waals surface area contributed by atoms with Gasteiger partial charge in [-0.25, -0.2) is 4.98 Å². The van der Waals surface area contributed by atoms with Crippen molar-refractivity contribution >= 4 is 22.9 Å². The molecule has 1 atom stereocenters. The third-order valence-corrected chi connectivity index (χ3v) is 5.73. The van der Waals surface area contributed by atoms with Crippen LogP contribution in [-0.4, -0.2) is 34.6 Å². The van der Waals surface area contributed by atoms with Gasteiger partial charge < -0.3 is 14.8 Å². The summed E-state index contributed by atoms with van der Waals surface area (Å²) in [7, 11) is 0. The van der Waals surface area contributed by atoms with Crippen molar-refractivity contribution in [3.05, 3.63) is 24.3 Å². The second-order valence-electron chi connectivity index (χ2n) is 7.42. The number of benzene rings is 1. The monoisotopic (exact) mass is 340 g/mol. The number of rotatable bonds is 4. The van der Waals surface area contributed by atoms with Crippen LogP contribution in [-0.2, 0) is 11.3 Å². The van der Waals surface area contributed by atoms with E-state index in [0.717, 1.165) is 56.8 Å². The number of nitrogens with one attached hydrogen (secondary N) is 1. The Morgan fingerprint density at radius 2 is 2.00 bits per heavy atom. The predicted molar refractivity (Wildman–Crippen MR) is 101 cm³/mol. The van der Waals surface area contributed by atoms with Crippen LogP contribution in [0.2, 0.25) is 0 Å². The van der Waals surface area contributed by atoms with Crippen molar-refractivity contribution in [2.24, 2.45) is 5.92 Å². The zero-order valence-corrected chi connectivity index (χ0v) is 15.1. The van der Waals surface area contributed by atoms with Crippen molar-refractivity contribution in [1.82, 2.24) is 14.9 Å². The molecule has 0 bridgehead atoms.